The van der Waals surface area contributed by atoms with Crippen LogP contribution in [0.1, 0.15) is 31.2 Å². The second kappa shape index (κ2) is 5.46. The Labute approximate surface area is 105 Å². The van der Waals surface area contributed by atoms with E-state index in [0.717, 1.165) is 31.4 Å². The number of carbonyl (C=O) groups is 1. The molecule has 1 aliphatic carbocycles. The first-order chi connectivity index (χ1) is 8.58. The molecule has 0 amide bonds. The molecule has 2 nitrogen and oxygen atoms in total. The number of rotatable bonds is 3. The Morgan fingerprint density at radius 3 is 2.72 bits per heavy atom. The minimum absolute atomic E-state index is 0.0902. The van der Waals surface area contributed by atoms with Gasteiger partial charge < -0.3 is 5.11 Å². The van der Waals surface area contributed by atoms with Gasteiger partial charge in [0.2, 0.25) is 0 Å². The highest BCUT2D eigenvalue weighted by Gasteiger charge is 2.31. The third kappa shape index (κ3) is 2.86. The van der Waals surface area contributed by atoms with Crippen LogP contribution in [0, 0.1) is 23.5 Å². The van der Waals surface area contributed by atoms with Crippen molar-refractivity contribution in [3.63, 3.8) is 0 Å². The van der Waals surface area contributed by atoms with E-state index in [2.05, 4.69) is 0 Å². The fourth-order valence-electron chi connectivity index (χ4n) is 2.76. The van der Waals surface area contributed by atoms with E-state index in [-0.39, 0.29) is 11.5 Å². The molecular weight excluding hydrogens is 238 g/mol. The average molecular weight is 254 g/mol. The predicted molar refractivity (Wildman–Crippen MR) is 63.1 cm³/mol. The quantitative estimate of drug-likeness (QED) is 0.897. The molecule has 1 aromatic rings. The Morgan fingerprint density at radius 1 is 1.28 bits per heavy atom. The van der Waals surface area contributed by atoms with E-state index in [4.69, 9.17) is 5.11 Å². The Hall–Kier alpha value is -1.45. The summed E-state index contributed by atoms with van der Waals surface area (Å²) in [6.07, 6.45) is 3.58. The summed E-state index contributed by atoms with van der Waals surface area (Å²) in [4.78, 5) is 11.1. The molecule has 1 fully saturated rings. The maximum atomic E-state index is 13.5. The van der Waals surface area contributed by atoms with Gasteiger partial charge in [0.15, 0.2) is 0 Å². The summed E-state index contributed by atoms with van der Waals surface area (Å²) in [5.41, 5.74) is 0.285. The van der Waals surface area contributed by atoms with Crippen molar-refractivity contribution in [2.24, 2.45) is 11.8 Å². The number of halogens is 2. The predicted octanol–water partition coefficient (Wildman–Crippen LogP) is 3.40. The third-order valence-electron chi connectivity index (χ3n) is 3.72. The number of carboxylic acid groups (broad SMARTS) is 1. The fourth-order valence-corrected chi connectivity index (χ4v) is 2.76. The van der Waals surface area contributed by atoms with Crippen LogP contribution in [0.5, 0.6) is 0 Å². The molecule has 4 heteroatoms. The van der Waals surface area contributed by atoms with E-state index in [1.165, 1.54) is 6.07 Å². The lowest BCUT2D eigenvalue weighted by molar-refractivity contribution is -0.144. The minimum Gasteiger partial charge on any atom is -0.481 e. The van der Waals surface area contributed by atoms with Crippen molar-refractivity contribution in [3.05, 3.63) is 35.4 Å². The number of benzene rings is 1. The topological polar surface area (TPSA) is 37.3 Å². The first-order valence-electron chi connectivity index (χ1n) is 6.24. The van der Waals surface area contributed by atoms with Gasteiger partial charge in [0.05, 0.1) is 5.92 Å². The molecule has 1 aliphatic rings. The van der Waals surface area contributed by atoms with E-state index in [1.54, 1.807) is 0 Å². The van der Waals surface area contributed by atoms with Gasteiger partial charge in [-0.25, -0.2) is 8.78 Å². The number of hydrogen-bond donors (Lipinski definition) is 1. The van der Waals surface area contributed by atoms with Gasteiger partial charge in [-0.05, 0) is 48.9 Å². The molecule has 0 bridgehead atoms. The zero-order valence-corrected chi connectivity index (χ0v) is 10.0. The lowest BCUT2D eigenvalue weighted by atomic mass is 9.76. The van der Waals surface area contributed by atoms with Crippen LogP contribution in [-0.4, -0.2) is 11.1 Å². The molecule has 0 spiro atoms. The summed E-state index contributed by atoms with van der Waals surface area (Å²) in [5, 5.41) is 9.14. The van der Waals surface area contributed by atoms with Gasteiger partial charge >= 0.3 is 5.97 Å². The van der Waals surface area contributed by atoms with Crippen LogP contribution in [0.25, 0.3) is 0 Å². The SMILES string of the molecule is O=C(O)C1CCCCC1Cc1cc(F)ccc1F. The van der Waals surface area contributed by atoms with Crippen molar-refractivity contribution in [2.75, 3.05) is 0 Å². The van der Waals surface area contributed by atoms with Crippen molar-refractivity contribution < 1.29 is 18.7 Å². The molecule has 1 saturated carbocycles. The zero-order chi connectivity index (χ0) is 13.1. The monoisotopic (exact) mass is 254 g/mol. The minimum atomic E-state index is -0.823. The van der Waals surface area contributed by atoms with Crippen LogP contribution in [-0.2, 0) is 11.2 Å². The van der Waals surface area contributed by atoms with Gasteiger partial charge in [0.25, 0.3) is 0 Å². The van der Waals surface area contributed by atoms with Gasteiger partial charge in [-0.15, -0.1) is 0 Å². The molecule has 0 aromatic heterocycles. The molecule has 0 heterocycles. The van der Waals surface area contributed by atoms with Crippen molar-refractivity contribution in [3.8, 4) is 0 Å². The van der Waals surface area contributed by atoms with Crippen LogP contribution < -0.4 is 0 Å². The molecule has 2 rings (SSSR count). The van der Waals surface area contributed by atoms with Gasteiger partial charge in [0, 0.05) is 0 Å². The second-order valence-electron chi connectivity index (χ2n) is 4.93. The van der Waals surface area contributed by atoms with E-state index in [9.17, 15) is 13.6 Å². The molecule has 98 valence electrons. The summed E-state index contributed by atoms with van der Waals surface area (Å²) in [6.45, 7) is 0. The smallest absolute Gasteiger partial charge is 0.306 e. The molecular formula is C14H16F2O2. The Kier molecular flexibility index (Phi) is 3.94. The first kappa shape index (κ1) is 13.0. The van der Waals surface area contributed by atoms with Crippen molar-refractivity contribution in [1.82, 2.24) is 0 Å². The molecule has 1 aromatic carbocycles. The largest absolute Gasteiger partial charge is 0.481 e. The van der Waals surface area contributed by atoms with Crippen molar-refractivity contribution >= 4 is 5.97 Å². The number of hydrogen-bond acceptors (Lipinski definition) is 1. The van der Waals surface area contributed by atoms with Crippen LogP contribution >= 0.6 is 0 Å². The summed E-state index contributed by atoms with van der Waals surface area (Å²) in [6, 6.07) is 3.35. The second-order valence-corrected chi connectivity index (χ2v) is 4.93. The van der Waals surface area contributed by atoms with Gasteiger partial charge in [0.1, 0.15) is 11.6 Å². The Balaban J connectivity index is 2.15. The number of aliphatic carboxylic acids is 1. The maximum absolute atomic E-state index is 13.5. The van der Waals surface area contributed by atoms with E-state index in [0.29, 0.717) is 12.8 Å². The molecule has 0 aliphatic heterocycles. The lowest BCUT2D eigenvalue weighted by Gasteiger charge is -2.28. The highest BCUT2D eigenvalue weighted by atomic mass is 19.1. The Bertz CT molecular complexity index is 445. The maximum Gasteiger partial charge on any atom is 0.306 e. The first-order valence-corrected chi connectivity index (χ1v) is 6.24. The third-order valence-corrected chi connectivity index (χ3v) is 3.72. The molecule has 2 atom stereocenters. The highest BCUT2D eigenvalue weighted by molar-refractivity contribution is 5.70. The van der Waals surface area contributed by atoms with Gasteiger partial charge in [-0.2, -0.15) is 0 Å². The fraction of sp³-hybridized carbons (Fsp3) is 0.500. The van der Waals surface area contributed by atoms with Gasteiger partial charge in [-0.3, -0.25) is 4.79 Å². The summed E-state index contributed by atoms with van der Waals surface area (Å²) in [7, 11) is 0. The summed E-state index contributed by atoms with van der Waals surface area (Å²) < 4.78 is 26.6. The molecule has 0 radical (unpaired) electrons. The molecule has 0 saturated heterocycles. The van der Waals surface area contributed by atoms with Crippen molar-refractivity contribution in [1.29, 1.82) is 0 Å². The normalized spacial score (nSPS) is 23.9. The van der Waals surface area contributed by atoms with Crippen LogP contribution in [0.4, 0.5) is 8.78 Å². The van der Waals surface area contributed by atoms with E-state index >= 15 is 0 Å². The van der Waals surface area contributed by atoms with Crippen molar-refractivity contribution in [2.45, 2.75) is 32.1 Å². The lowest BCUT2D eigenvalue weighted by Crippen LogP contribution is -2.28. The molecule has 1 N–H and O–H groups in total. The summed E-state index contributed by atoms with van der Waals surface area (Å²) >= 11 is 0. The standard InChI is InChI=1S/C14H16F2O2/c15-11-5-6-13(16)10(8-11)7-9-3-1-2-4-12(9)14(17)18/h5-6,8-9,12H,1-4,7H2,(H,17,18). The highest BCUT2D eigenvalue weighted by Crippen LogP contribution is 2.33. The number of carboxylic acids is 1. The zero-order valence-electron chi connectivity index (χ0n) is 10.0. The van der Waals surface area contributed by atoms with Gasteiger partial charge in [-0.1, -0.05) is 12.8 Å². The van der Waals surface area contributed by atoms with E-state index in [1.807, 2.05) is 0 Å². The molecule has 2 unspecified atom stereocenters. The van der Waals surface area contributed by atoms with Crippen LogP contribution in [0.3, 0.4) is 0 Å². The molecule has 18 heavy (non-hydrogen) atoms. The van der Waals surface area contributed by atoms with E-state index < -0.39 is 23.5 Å². The van der Waals surface area contributed by atoms with Crippen LogP contribution in [0.2, 0.25) is 0 Å². The van der Waals surface area contributed by atoms with Crippen LogP contribution in [0.15, 0.2) is 18.2 Å². The summed E-state index contributed by atoms with van der Waals surface area (Å²) in [5.74, 6) is -2.27. The Morgan fingerprint density at radius 2 is 2.00 bits per heavy atom. The average Bonchev–Trinajstić information content (AvgIpc) is 2.34.